The van der Waals surface area contributed by atoms with Crippen molar-refractivity contribution < 1.29 is 9.21 Å². The second kappa shape index (κ2) is 6.14. The highest BCUT2D eigenvalue weighted by atomic mass is 35.5. The number of nitrogens with one attached hydrogen (secondary N) is 1. The van der Waals surface area contributed by atoms with Gasteiger partial charge in [-0.1, -0.05) is 13.8 Å². The van der Waals surface area contributed by atoms with Crippen LogP contribution < -0.4 is 5.73 Å². The van der Waals surface area contributed by atoms with Crippen LogP contribution in [0, 0.1) is 5.41 Å². The molecule has 2 aromatic heterocycles. The van der Waals surface area contributed by atoms with Crippen molar-refractivity contribution in [3.8, 4) is 11.5 Å². The number of amides is 1. The summed E-state index contributed by atoms with van der Waals surface area (Å²) >= 11 is 0. The fourth-order valence-corrected chi connectivity index (χ4v) is 2.70. The molecule has 0 aromatic carbocycles. The standard InChI is InChI=1S/C15H20N4O2.ClH/c1-15(2)9-19(6-5-13(15)16)14(20)11-8-10(17-18-11)12-4-3-7-21-12;/h3-4,7-8,13H,5-6,9,16H2,1-2H3,(H,17,18);1H. The predicted molar refractivity (Wildman–Crippen MR) is 85.8 cm³/mol. The fraction of sp³-hybridized carbons (Fsp3) is 0.467. The average Bonchev–Trinajstić information content (AvgIpc) is 3.10. The second-order valence-electron chi connectivity index (χ2n) is 6.25. The normalized spacial score (nSPS) is 20.5. The third kappa shape index (κ3) is 3.03. The molecule has 3 rings (SSSR count). The molecule has 1 amide bonds. The number of furan rings is 1. The molecule has 0 aliphatic carbocycles. The molecule has 7 heteroatoms. The van der Waals surface area contributed by atoms with Crippen LogP contribution in [-0.2, 0) is 0 Å². The molecule has 1 fully saturated rings. The van der Waals surface area contributed by atoms with Crippen LogP contribution in [0.25, 0.3) is 11.5 Å². The molecule has 0 saturated carbocycles. The molecule has 2 aromatic rings. The first-order valence-corrected chi connectivity index (χ1v) is 7.11. The summed E-state index contributed by atoms with van der Waals surface area (Å²) in [4.78, 5) is 14.4. The molecular weight excluding hydrogens is 304 g/mol. The molecule has 3 heterocycles. The molecule has 0 spiro atoms. The molecule has 1 atom stereocenters. The van der Waals surface area contributed by atoms with E-state index in [1.165, 1.54) is 0 Å². The van der Waals surface area contributed by atoms with Crippen molar-refractivity contribution >= 4 is 18.3 Å². The van der Waals surface area contributed by atoms with E-state index in [-0.39, 0.29) is 29.8 Å². The molecule has 6 nitrogen and oxygen atoms in total. The maximum atomic E-state index is 12.5. The lowest BCUT2D eigenvalue weighted by Crippen LogP contribution is -2.54. The summed E-state index contributed by atoms with van der Waals surface area (Å²) in [6.07, 6.45) is 2.40. The van der Waals surface area contributed by atoms with Gasteiger partial charge in [0.25, 0.3) is 5.91 Å². The number of aromatic amines is 1. The zero-order valence-electron chi connectivity index (χ0n) is 12.7. The van der Waals surface area contributed by atoms with Gasteiger partial charge in [-0.25, -0.2) is 0 Å². The minimum atomic E-state index is -0.0753. The minimum absolute atomic E-state index is 0. The molecule has 22 heavy (non-hydrogen) atoms. The van der Waals surface area contributed by atoms with E-state index in [0.29, 0.717) is 30.2 Å². The first-order chi connectivity index (χ1) is 9.97. The van der Waals surface area contributed by atoms with Gasteiger partial charge in [0.05, 0.1) is 6.26 Å². The molecular formula is C15H21ClN4O2. The molecule has 1 unspecified atom stereocenters. The monoisotopic (exact) mass is 324 g/mol. The Morgan fingerprint density at radius 2 is 2.32 bits per heavy atom. The number of halogens is 1. The van der Waals surface area contributed by atoms with Crippen LogP contribution >= 0.6 is 12.4 Å². The Hall–Kier alpha value is -1.79. The maximum Gasteiger partial charge on any atom is 0.274 e. The highest BCUT2D eigenvalue weighted by Crippen LogP contribution is 2.28. The number of aromatic nitrogens is 2. The topological polar surface area (TPSA) is 88.2 Å². The van der Waals surface area contributed by atoms with Gasteiger partial charge in [-0.3, -0.25) is 9.89 Å². The third-order valence-corrected chi connectivity index (χ3v) is 4.18. The fourth-order valence-electron chi connectivity index (χ4n) is 2.70. The van der Waals surface area contributed by atoms with Crippen LogP contribution in [-0.4, -0.2) is 40.1 Å². The Kier molecular flexibility index (Phi) is 4.63. The van der Waals surface area contributed by atoms with E-state index >= 15 is 0 Å². The smallest absolute Gasteiger partial charge is 0.274 e. The highest BCUT2D eigenvalue weighted by Gasteiger charge is 2.36. The largest absolute Gasteiger partial charge is 0.463 e. The van der Waals surface area contributed by atoms with Crippen molar-refractivity contribution in [2.24, 2.45) is 11.1 Å². The predicted octanol–water partition coefficient (Wildman–Crippen LogP) is 2.29. The van der Waals surface area contributed by atoms with Crippen LogP contribution in [0.2, 0.25) is 0 Å². The summed E-state index contributed by atoms with van der Waals surface area (Å²) in [5.74, 6) is 0.603. The van der Waals surface area contributed by atoms with Gasteiger partial charge in [-0.05, 0) is 24.0 Å². The number of hydrogen-bond acceptors (Lipinski definition) is 4. The lowest BCUT2D eigenvalue weighted by molar-refractivity contribution is 0.0527. The zero-order chi connectivity index (χ0) is 15.0. The van der Waals surface area contributed by atoms with Crippen molar-refractivity contribution in [1.29, 1.82) is 0 Å². The van der Waals surface area contributed by atoms with Gasteiger partial charge in [0.15, 0.2) is 11.5 Å². The number of carbonyl (C=O) groups is 1. The lowest BCUT2D eigenvalue weighted by atomic mass is 9.79. The molecule has 1 saturated heterocycles. The Bertz CT molecular complexity index is 636. The van der Waals surface area contributed by atoms with E-state index in [1.54, 1.807) is 18.4 Å². The van der Waals surface area contributed by atoms with Gasteiger partial charge >= 0.3 is 0 Å². The molecule has 1 aliphatic rings. The second-order valence-corrected chi connectivity index (χ2v) is 6.25. The number of hydrogen-bond donors (Lipinski definition) is 2. The van der Waals surface area contributed by atoms with Gasteiger partial charge in [0, 0.05) is 25.2 Å². The van der Waals surface area contributed by atoms with Crippen LogP contribution in [0.4, 0.5) is 0 Å². The van der Waals surface area contributed by atoms with Gasteiger partial charge < -0.3 is 15.1 Å². The van der Waals surface area contributed by atoms with Crippen molar-refractivity contribution in [1.82, 2.24) is 15.1 Å². The number of likely N-dealkylation sites (tertiary alicyclic amines) is 1. The summed E-state index contributed by atoms with van der Waals surface area (Å²) in [6.45, 7) is 5.51. The van der Waals surface area contributed by atoms with E-state index in [4.69, 9.17) is 10.2 Å². The van der Waals surface area contributed by atoms with Crippen LogP contribution in [0.3, 0.4) is 0 Å². The summed E-state index contributed by atoms with van der Waals surface area (Å²) < 4.78 is 5.29. The van der Waals surface area contributed by atoms with Crippen molar-refractivity contribution in [2.45, 2.75) is 26.3 Å². The molecule has 120 valence electrons. The van der Waals surface area contributed by atoms with E-state index in [1.807, 2.05) is 11.0 Å². The number of rotatable bonds is 2. The minimum Gasteiger partial charge on any atom is -0.463 e. The third-order valence-electron chi connectivity index (χ3n) is 4.18. The van der Waals surface area contributed by atoms with E-state index in [0.717, 1.165) is 6.42 Å². The van der Waals surface area contributed by atoms with E-state index < -0.39 is 0 Å². The lowest BCUT2D eigenvalue weighted by Gasteiger charge is -2.42. The van der Waals surface area contributed by atoms with Gasteiger partial charge in [0.2, 0.25) is 0 Å². The number of H-pyrrole nitrogens is 1. The number of piperidine rings is 1. The van der Waals surface area contributed by atoms with Crippen LogP contribution in [0.1, 0.15) is 30.8 Å². The van der Waals surface area contributed by atoms with Gasteiger partial charge in [-0.2, -0.15) is 5.10 Å². The van der Waals surface area contributed by atoms with Crippen molar-refractivity contribution in [3.05, 3.63) is 30.2 Å². The number of nitrogens with zero attached hydrogens (tertiary/aromatic N) is 2. The zero-order valence-corrected chi connectivity index (χ0v) is 13.5. The van der Waals surface area contributed by atoms with Crippen molar-refractivity contribution in [2.75, 3.05) is 13.1 Å². The van der Waals surface area contributed by atoms with Crippen molar-refractivity contribution in [3.63, 3.8) is 0 Å². The summed E-state index contributed by atoms with van der Waals surface area (Å²) in [6, 6.07) is 5.47. The number of nitrogens with two attached hydrogens (primary N) is 1. The van der Waals surface area contributed by atoms with Gasteiger partial charge in [-0.15, -0.1) is 12.4 Å². The Morgan fingerprint density at radius 1 is 1.55 bits per heavy atom. The summed E-state index contributed by atoms with van der Waals surface area (Å²) in [7, 11) is 0. The van der Waals surface area contributed by atoms with Crippen LogP contribution in [0.15, 0.2) is 28.9 Å². The highest BCUT2D eigenvalue weighted by molar-refractivity contribution is 5.93. The average molecular weight is 325 g/mol. The molecule has 1 aliphatic heterocycles. The summed E-state index contributed by atoms with van der Waals surface area (Å²) in [5, 5.41) is 6.95. The quantitative estimate of drug-likeness (QED) is 0.887. The van der Waals surface area contributed by atoms with E-state index in [9.17, 15) is 4.79 Å². The first kappa shape index (κ1) is 16.6. The van der Waals surface area contributed by atoms with E-state index in [2.05, 4.69) is 24.0 Å². The first-order valence-electron chi connectivity index (χ1n) is 7.11. The Balaban J connectivity index is 0.00000176. The molecule has 0 bridgehead atoms. The Morgan fingerprint density at radius 3 is 2.95 bits per heavy atom. The molecule has 0 radical (unpaired) electrons. The maximum absolute atomic E-state index is 12.5. The Labute approximate surface area is 135 Å². The van der Waals surface area contributed by atoms with Gasteiger partial charge in [0.1, 0.15) is 5.69 Å². The summed E-state index contributed by atoms with van der Waals surface area (Å²) in [5.41, 5.74) is 7.15. The van der Waals surface area contributed by atoms with Crippen LogP contribution in [0.5, 0.6) is 0 Å². The SMILES string of the molecule is CC1(C)CN(C(=O)c2cc(-c3ccco3)[nH]n2)CCC1N.Cl. The number of carbonyl (C=O) groups excluding carboxylic acids is 1. The molecule has 3 N–H and O–H groups in total.